The van der Waals surface area contributed by atoms with Crippen molar-refractivity contribution in [3.63, 3.8) is 0 Å². The summed E-state index contributed by atoms with van der Waals surface area (Å²) < 4.78 is 11.5. The summed E-state index contributed by atoms with van der Waals surface area (Å²) in [6.45, 7) is 0.981. The number of esters is 1. The second kappa shape index (κ2) is 8.21. The predicted octanol–water partition coefficient (Wildman–Crippen LogP) is 2.07. The summed E-state index contributed by atoms with van der Waals surface area (Å²) >= 11 is 1.57. The fourth-order valence-corrected chi connectivity index (χ4v) is 3.50. The Hall–Kier alpha value is -1.99. The largest absolute Gasteiger partial charge is 0.456 e. The molecule has 1 aliphatic heterocycles. The van der Waals surface area contributed by atoms with Crippen molar-refractivity contribution in [1.82, 2.24) is 10.3 Å². The molecule has 0 radical (unpaired) electrons. The lowest BCUT2D eigenvalue weighted by Gasteiger charge is -2.10. The zero-order valence-corrected chi connectivity index (χ0v) is 14.1. The van der Waals surface area contributed by atoms with Crippen molar-refractivity contribution in [2.24, 2.45) is 0 Å². The minimum atomic E-state index is -0.387. The lowest BCUT2D eigenvalue weighted by molar-refractivity contribution is -0.148. The number of hydrogen-bond donors (Lipinski definition) is 1. The standard InChI is InChI=1S/C17H20N2O4S/c20-15(18-10-12-4-3-9-22-12)11-23-17(21)8-7-16-19-13-5-1-2-6-14(13)24-16/h1-2,5-6,12H,3-4,7-11H2,(H,18,20)/t12-/m0/s1. The van der Waals surface area contributed by atoms with Crippen LogP contribution < -0.4 is 5.32 Å². The van der Waals surface area contributed by atoms with Crippen molar-refractivity contribution >= 4 is 33.4 Å². The molecule has 1 aliphatic rings. The van der Waals surface area contributed by atoms with Crippen molar-refractivity contribution in [3.8, 4) is 0 Å². The summed E-state index contributed by atoms with van der Waals surface area (Å²) in [5.74, 6) is -0.680. The molecule has 1 aromatic carbocycles. The Labute approximate surface area is 144 Å². The van der Waals surface area contributed by atoms with Gasteiger partial charge in [-0.1, -0.05) is 12.1 Å². The van der Waals surface area contributed by atoms with E-state index in [0.29, 0.717) is 13.0 Å². The van der Waals surface area contributed by atoms with Gasteiger partial charge in [0.15, 0.2) is 6.61 Å². The van der Waals surface area contributed by atoms with Crippen LogP contribution in [0.4, 0.5) is 0 Å². The van der Waals surface area contributed by atoms with Gasteiger partial charge < -0.3 is 14.8 Å². The molecule has 0 bridgehead atoms. The van der Waals surface area contributed by atoms with Crippen LogP contribution in [0.3, 0.4) is 0 Å². The maximum atomic E-state index is 11.7. The highest BCUT2D eigenvalue weighted by Crippen LogP contribution is 2.22. The first-order chi connectivity index (χ1) is 11.7. The van der Waals surface area contributed by atoms with Crippen LogP contribution in [0.2, 0.25) is 0 Å². The zero-order valence-electron chi connectivity index (χ0n) is 13.3. The van der Waals surface area contributed by atoms with Gasteiger partial charge in [-0.05, 0) is 25.0 Å². The molecule has 1 saturated heterocycles. The van der Waals surface area contributed by atoms with E-state index in [2.05, 4.69) is 10.3 Å². The molecule has 1 aromatic heterocycles. The maximum absolute atomic E-state index is 11.7. The summed E-state index contributed by atoms with van der Waals surface area (Å²) in [4.78, 5) is 27.9. The van der Waals surface area contributed by atoms with Crippen LogP contribution in [0, 0.1) is 0 Å². The first kappa shape index (κ1) is 16.9. The number of amides is 1. The Bertz CT molecular complexity index is 676. The predicted molar refractivity (Wildman–Crippen MR) is 90.9 cm³/mol. The van der Waals surface area contributed by atoms with Gasteiger partial charge in [-0.3, -0.25) is 9.59 Å². The Balaban J connectivity index is 1.35. The van der Waals surface area contributed by atoms with E-state index in [0.717, 1.165) is 34.7 Å². The fourth-order valence-electron chi connectivity index (χ4n) is 2.54. The summed E-state index contributed by atoms with van der Waals surface area (Å²) in [6, 6.07) is 7.86. The third-order valence-corrected chi connectivity index (χ3v) is 4.89. The monoisotopic (exact) mass is 348 g/mol. The third-order valence-electron chi connectivity index (χ3n) is 3.80. The molecule has 128 valence electrons. The molecule has 7 heteroatoms. The summed E-state index contributed by atoms with van der Waals surface area (Å²) in [7, 11) is 0. The molecule has 0 unspecified atom stereocenters. The van der Waals surface area contributed by atoms with Crippen molar-refractivity contribution < 1.29 is 19.1 Å². The van der Waals surface area contributed by atoms with Crippen LogP contribution in [0.5, 0.6) is 0 Å². The Morgan fingerprint density at radius 1 is 1.38 bits per heavy atom. The number of carbonyl (C=O) groups is 2. The molecule has 2 aromatic rings. The topological polar surface area (TPSA) is 77.5 Å². The van der Waals surface area contributed by atoms with Crippen LogP contribution in [0.15, 0.2) is 24.3 Å². The fraction of sp³-hybridized carbons (Fsp3) is 0.471. The lowest BCUT2D eigenvalue weighted by atomic mass is 10.2. The molecule has 1 amide bonds. The second-order valence-electron chi connectivity index (χ2n) is 5.68. The molecule has 1 fully saturated rings. The quantitative estimate of drug-likeness (QED) is 0.775. The van der Waals surface area contributed by atoms with Gasteiger partial charge in [-0.25, -0.2) is 4.98 Å². The number of rotatable bonds is 7. The zero-order chi connectivity index (χ0) is 16.8. The molecule has 0 saturated carbocycles. The maximum Gasteiger partial charge on any atom is 0.306 e. The number of thiazole rings is 1. The number of aryl methyl sites for hydroxylation is 1. The number of nitrogens with zero attached hydrogens (tertiary/aromatic N) is 1. The molecular weight excluding hydrogens is 328 g/mol. The number of para-hydroxylation sites is 1. The van der Waals surface area contributed by atoms with Gasteiger partial charge in [-0.2, -0.15) is 0 Å². The van der Waals surface area contributed by atoms with E-state index >= 15 is 0 Å². The minimum absolute atomic E-state index is 0.0867. The average Bonchev–Trinajstić information content (AvgIpc) is 3.25. The summed E-state index contributed by atoms with van der Waals surface area (Å²) in [5, 5.41) is 3.62. The van der Waals surface area contributed by atoms with Gasteiger partial charge >= 0.3 is 5.97 Å². The van der Waals surface area contributed by atoms with Crippen LogP contribution in [-0.4, -0.2) is 42.7 Å². The van der Waals surface area contributed by atoms with Gasteiger partial charge in [0.05, 0.1) is 27.7 Å². The van der Waals surface area contributed by atoms with E-state index < -0.39 is 0 Å². The molecular formula is C17H20N2O4S. The molecule has 2 heterocycles. The number of ether oxygens (including phenoxy) is 2. The highest BCUT2D eigenvalue weighted by Gasteiger charge is 2.16. The number of fused-ring (bicyclic) bond motifs is 1. The molecule has 1 N–H and O–H groups in total. The smallest absolute Gasteiger partial charge is 0.306 e. The SMILES string of the molecule is O=C(COC(=O)CCc1nc2ccccc2s1)NC[C@@H]1CCCO1. The molecule has 6 nitrogen and oxygen atoms in total. The minimum Gasteiger partial charge on any atom is -0.456 e. The van der Waals surface area contributed by atoms with Crippen molar-refractivity contribution in [2.45, 2.75) is 31.8 Å². The number of benzene rings is 1. The first-order valence-corrected chi connectivity index (χ1v) is 8.91. The number of aromatic nitrogens is 1. The summed E-state index contributed by atoms with van der Waals surface area (Å²) in [6.07, 6.45) is 2.82. The second-order valence-corrected chi connectivity index (χ2v) is 6.79. The van der Waals surface area contributed by atoms with Crippen LogP contribution in [-0.2, 0) is 25.5 Å². The van der Waals surface area contributed by atoms with E-state index in [1.807, 2.05) is 24.3 Å². The van der Waals surface area contributed by atoms with Crippen LogP contribution in [0.1, 0.15) is 24.3 Å². The molecule has 0 spiro atoms. The summed E-state index contributed by atoms with van der Waals surface area (Å²) in [5.41, 5.74) is 0.944. The number of hydrogen-bond acceptors (Lipinski definition) is 6. The number of nitrogens with one attached hydrogen (secondary N) is 1. The van der Waals surface area contributed by atoms with Crippen LogP contribution in [0.25, 0.3) is 10.2 Å². The van der Waals surface area contributed by atoms with Crippen molar-refractivity contribution in [2.75, 3.05) is 19.8 Å². The average molecular weight is 348 g/mol. The first-order valence-electron chi connectivity index (χ1n) is 8.09. The van der Waals surface area contributed by atoms with E-state index in [9.17, 15) is 9.59 Å². The third kappa shape index (κ3) is 4.75. The van der Waals surface area contributed by atoms with E-state index in [4.69, 9.17) is 9.47 Å². The van der Waals surface area contributed by atoms with Crippen molar-refractivity contribution in [3.05, 3.63) is 29.3 Å². The van der Waals surface area contributed by atoms with Gasteiger partial charge in [0.25, 0.3) is 5.91 Å². The highest BCUT2D eigenvalue weighted by molar-refractivity contribution is 7.18. The Morgan fingerprint density at radius 3 is 3.04 bits per heavy atom. The molecule has 1 atom stereocenters. The molecule has 24 heavy (non-hydrogen) atoms. The van der Waals surface area contributed by atoms with E-state index in [1.54, 1.807) is 11.3 Å². The Kier molecular flexibility index (Phi) is 5.77. The van der Waals surface area contributed by atoms with Crippen LogP contribution >= 0.6 is 11.3 Å². The van der Waals surface area contributed by atoms with E-state index in [-0.39, 0.29) is 31.0 Å². The normalized spacial score (nSPS) is 17.1. The highest BCUT2D eigenvalue weighted by atomic mass is 32.1. The van der Waals surface area contributed by atoms with Crippen molar-refractivity contribution in [1.29, 1.82) is 0 Å². The van der Waals surface area contributed by atoms with Gasteiger partial charge in [0, 0.05) is 19.6 Å². The van der Waals surface area contributed by atoms with Gasteiger partial charge in [-0.15, -0.1) is 11.3 Å². The van der Waals surface area contributed by atoms with E-state index in [1.165, 1.54) is 0 Å². The molecule has 0 aliphatic carbocycles. The van der Waals surface area contributed by atoms with Gasteiger partial charge in [0.2, 0.25) is 0 Å². The Morgan fingerprint density at radius 2 is 2.25 bits per heavy atom. The lowest BCUT2D eigenvalue weighted by Crippen LogP contribution is -2.34. The number of carbonyl (C=O) groups excluding carboxylic acids is 2. The van der Waals surface area contributed by atoms with Gasteiger partial charge in [0.1, 0.15) is 0 Å². The molecule has 3 rings (SSSR count).